The van der Waals surface area contributed by atoms with Crippen LogP contribution in [0.4, 0.5) is 0 Å². The summed E-state index contributed by atoms with van der Waals surface area (Å²) in [6, 6.07) is 0. The Balaban J connectivity index is 1.74. The van der Waals surface area contributed by atoms with Crippen molar-refractivity contribution < 1.29 is 4.74 Å². The summed E-state index contributed by atoms with van der Waals surface area (Å²) in [6.45, 7) is 7.01. The lowest BCUT2D eigenvalue weighted by molar-refractivity contribution is 0.0187. The van der Waals surface area contributed by atoms with E-state index in [-0.39, 0.29) is 6.10 Å². The highest BCUT2D eigenvalue weighted by molar-refractivity contribution is 4.90. The maximum atomic E-state index is 5.74. The van der Waals surface area contributed by atoms with Gasteiger partial charge in [-0.25, -0.2) is 0 Å². The lowest BCUT2D eigenvalue weighted by Crippen LogP contribution is -2.44. The van der Waals surface area contributed by atoms with Crippen molar-refractivity contribution in [3.05, 3.63) is 0 Å². The molecule has 1 saturated heterocycles. The molecule has 3 nitrogen and oxygen atoms in total. The fraction of sp³-hybridized carbons (Fsp3) is 1.00. The highest BCUT2D eigenvalue weighted by Gasteiger charge is 2.37. The van der Waals surface area contributed by atoms with Crippen LogP contribution in [0.15, 0.2) is 0 Å². The van der Waals surface area contributed by atoms with Gasteiger partial charge in [0, 0.05) is 19.7 Å². The van der Waals surface area contributed by atoms with E-state index in [0.717, 1.165) is 18.6 Å². The Hall–Kier alpha value is -0.120. The fourth-order valence-corrected chi connectivity index (χ4v) is 3.55. The van der Waals surface area contributed by atoms with Crippen LogP contribution in [-0.2, 0) is 4.74 Å². The summed E-state index contributed by atoms with van der Waals surface area (Å²) >= 11 is 0. The molecule has 0 bridgehead atoms. The van der Waals surface area contributed by atoms with Gasteiger partial charge in [0.05, 0.1) is 6.10 Å². The first kappa shape index (κ1) is 13.3. The average Bonchev–Trinajstić information content (AvgIpc) is 2.80. The Morgan fingerprint density at radius 3 is 2.35 bits per heavy atom. The fourth-order valence-electron chi connectivity index (χ4n) is 3.55. The van der Waals surface area contributed by atoms with Crippen LogP contribution in [-0.4, -0.2) is 43.8 Å². The third-order valence-corrected chi connectivity index (χ3v) is 4.71. The maximum Gasteiger partial charge on any atom is 0.0823 e. The van der Waals surface area contributed by atoms with Crippen molar-refractivity contribution in [2.45, 2.75) is 51.6 Å². The molecule has 0 radical (unpaired) electrons. The molecule has 3 heteroatoms. The smallest absolute Gasteiger partial charge is 0.0823 e. The lowest BCUT2D eigenvalue weighted by atomic mass is 9.77. The van der Waals surface area contributed by atoms with E-state index >= 15 is 0 Å². The Bertz CT molecular complexity index is 216. The van der Waals surface area contributed by atoms with E-state index in [2.05, 4.69) is 4.90 Å². The molecule has 0 aromatic carbocycles. The topological polar surface area (TPSA) is 38.5 Å². The average molecular weight is 240 g/mol. The molecule has 17 heavy (non-hydrogen) atoms. The highest BCUT2D eigenvalue weighted by atomic mass is 16.5. The van der Waals surface area contributed by atoms with Gasteiger partial charge in [0.1, 0.15) is 0 Å². The molecular formula is C14H28N2O. The summed E-state index contributed by atoms with van der Waals surface area (Å²) in [4.78, 5) is 2.55. The zero-order valence-electron chi connectivity index (χ0n) is 11.3. The minimum absolute atomic E-state index is 0.234. The second kappa shape index (κ2) is 6.17. The number of hydrogen-bond acceptors (Lipinski definition) is 3. The van der Waals surface area contributed by atoms with E-state index in [1.54, 1.807) is 0 Å². The molecule has 2 fully saturated rings. The maximum absolute atomic E-state index is 5.74. The molecular weight excluding hydrogens is 212 g/mol. The molecule has 1 atom stereocenters. The van der Waals surface area contributed by atoms with Crippen molar-refractivity contribution in [3.8, 4) is 0 Å². The van der Waals surface area contributed by atoms with Crippen LogP contribution < -0.4 is 5.73 Å². The monoisotopic (exact) mass is 240 g/mol. The van der Waals surface area contributed by atoms with Crippen molar-refractivity contribution in [3.63, 3.8) is 0 Å². The van der Waals surface area contributed by atoms with Gasteiger partial charge in [-0.05, 0) is 51.1 Å². The van der Waals surface area contributed by atoms with Crippen molar-refractivity contribution in [2.75, 3.05) is 32.8 Å². The number of nitrogens with zero attached hydrogens (tertiary/aromatic N) is 1. The number of likely N-dealkylation sites (tertiary alicyclic amines) is 1. The molecule has 1 unspecified atom stereocenters. The summed E-state index contributed by atoms with van der Waals surface area (Å²) in [5.41, 5.74) is 6.46. The van der Waals surface area contributed by atoms with Gasteiger partial charge in [0.2, 0.25) is 0 Å². The third-order valence-electron chi connectivity index (χ3n) is 4.71. The lowest BCUT2D eigenvalue weighted by Gasteiger charge is -2.40. The predicted octanol–water partition coefficient (Wildman–Crippen LogP) is 2.01. The summed E-state index contributed by atoms with van der Waals surface area (Å²) < 4.78 is 5.64. The standard InChI is InChI=1S/C14H28N2O/c1-2-17-13(11-15)12-16-9-7-14(8-10-16)5-3-4-6-14/h13H,2-12,15H2,1H3. The minimum Gasteiger partial charge on any atom is -0.376 e. The molecule has 100 valence electrons. The van der Waals surface area contributed by atoms with Crippen molar-refractivity contribution in [2.24, 2.45) is 11.1 Å². The van der Waals surface area contributed by atoms with Gasteiger partial charge >= 0.3 is 0 Å². The van der Waals surface area contributed by atoms with Gasteiger partial charge in [-0.3, -0.25) is 0 Å². The van der Waals surface area contributed by atoms with E-state index in [1.165, 1.54) is 51.6 Å². The van der Waals surface area contributed by atoms with Crippen LogP contribution in [0.25, 0.3) is 0 Å². The number of nitrogens with two attached hydrogens (primary N) is 1. The molecule has 1 aliphatic heterocycles. The molecule has 2 N–H and O–H groups in total. The summed E-state index contributed by atoms with van der Waals surface area (Å²) in [7, 11) is 0. The number of piperidine rings is 1. The highest BCUT2D eigenvalue weighted by Crippen LogP contribution is 2.46. The number of ether oxygens (including phenoxy) is 1. The van der Waals surface area contributed by atoms with E-state index in [1.807, 2.05) is 6.92 Å². The molecule has 2 aliphatic rings. The Labute approximate surface area is 106 Å². The van der Waals surface area contributed by atoms with Crippen molar-refractivity contribution in [1.29, 1.82) is 0 Å². The second-order valence-electron chi connectivity index (χ2n) is 5.82. The summed E-state index contributed by atoms with van der Waals surface area (Å²) in [6.07, 6.45) is 8.92. The van der Waals surface area contributed by atoms with E-state index < -0.39 is 0 Å². The van der Waals surface area contributed by atoms with Crippen LogP contribution in [0, 0.1) is 5.41 Å². The van der Waals surface area contributed by atoms with Gasteiger partial charge in [0.15, 0.2) is 0 Å². The van der Waals surface area contributed by atoms with Crippen molar-refractivity contribution >= 4 is 0 Å². The molecule has 1 spiro atoms. The van der Waals surface area contributed by atoms with Crippen LogP contribution in [0.3, 0.4) is 0 Å². The third kappa shape index (κ3) is 3.43. The molecule has 0 aromatic rings. The minimum atomic E-state index is 0.234. The van der Waals surface area contributed by atoms with Crippen LogP contribution in [0.1, 0.15) is 45.4 Å². The molecule has 1 aliphatic carbocycles. The SMILES string of the molecule is CCOC(CN)CN1CCC2(CCCC2)CC1. The molecule has 1 heterocycles. The zero-order chi connectivity index (χ0) is 12.1. The quantitative estimate of drug-likeness (QED) is 0.799. The largest absolute Gasteiger partial charge is 0.376 e. The van der Waals surface area contributed by atoms with Gasteiger partial charge < -0.3 is 15.4 Å². The van der Waals surface area contributed by atoms with Gasteiger partial charge in [-0.15, -0.1) is 0 Å². The van der Waals surface area contributed by atoms with Gasteiger partial charge in [-0.2, -0.15) is 0 Å². The Morgan fingerprint density at radius 1 is 1.18 bits per heavy atom. The normalized spacial score (nSPS) is 26.5. The first-order chi connectivity index (χ1) is 8.28. The summed E-state index contributed by atoms with van der Waals surface area (Å²) in [5, 5.41) is 0. The molecule has 0 aromatic heterocycles. The number of hydrogen-bond donors (Lipinski definition) is 1. The van der Waals surface area contributed by atoms with Crippen LogP contribution >= 0.6 is 0 Å². The molecule has 0 amide bonds. The van der Waals surface area contributed by atoms with Crippen LogP contribution in [0.2, 0.25) is 0 Å². The first-order valence-corrected chi connectivity index (χ1v) is 7.32. The predicted molar refractivity (Wildman–Crippen MR) is 71.0 cm³/mol. The van der Waals surface area contributed by atoms with Gasteiger partial charge in [-0.1, -0.05) is 12.8 Å². The summed E-state index contributed by atoms with van der Waals surface area (Å²) in [5.74, 6) is 0. The Morgan fingerprint density at radius 2 is 1.82 bits per heavy atom. The Kier molecular flexibility index (Phi) is 4.83. The second-order valence-corrected chi connectivity index (χ2v) is 5.82. The van der Waals surface area contributed by atoms with Gasteiger partial charge in [0.25, 0.3) is 0 Å². The first-order valence-electron chi connectivity index (χ1n) is 7.32. The van der Waals surface area contributed by atoms with E-state index in [4.69, 9.17) is 10.5 Å². The van der Waals surface area contributed by atoms with E-state index in [9.17, 15) is 0 Å². The van der Waals surface area contributed by atoms with Crippen molar-refractivity contribution in [1.82, 2.24) is 4.90 Å². The molecule has 1 saturated carbocycles. The zero-order valence-corrected chi connectivity index (χ0v) is 11.3. The number of rotatable bonds is 5. The molecule has 2 rings (SSSR count). The van der Waals surface area contributed by atoms with Crippen LogP contribution in [0.5, 0.6) is 0 Å². The van der Waals surface area contributed by atoms with E-state index in [0.29, 0.717) is 6.54 Å².